The average Bonchev–Trinajstić information content (AvgIpc) is 2.39. The van der Waals surface area contributed by atoms with E-state index < -0.39 is 6.10 Å². The Morgan fingerprint density at radius 3 is 2.21 bits per heavy atom. The topological polar surface area (TPSA) is 43.7 Å². The highest BCUT2D eigenvalue weighted by atomic mass is 35.5. The van der Waals surface area contributed by atoms with Gasteiger partial charge in [0.1, 0.15) is 5.75 Å². The number of aliphatic hydroxyl groups excluding tert-OH is 1. The molecule has 3 nitrogen and oxygen atoms in total. The van der Waals surface area contributed by atoms with Crippen molar-refractivity contribution in [2.24, 2.45) is 5.92 Å². The normalized spacial score (nSPS) is 20.6. The van der Waals surface area contributed by atoms with Crippen LogP contribution in [-0.2, 0) is 0 Å². The summed E-state index contributed by atoms with van der Waals surface area (Å²) >= 11 is 0. The van der Waals surface area contributed by atoms with Gasteiger partial charge in [0.05, 0.1) is 6.10 Å². The number of benzene rings is 1. The molecular weight excluding hydrogens is 262 g/mol. The van der Waals surface area contributed by atoms with Crippen molar-refractivity contribution in [2.45, 2.75) is 38.8 Å². The fourth-order valence-electron chi connectivity index (χ4n) is 2.59. The SMILES string of the molecule is CC1CCN(C(C)C(O)c2ccc(O)cc2)CC1.Cl. The molecular formula is C15H24ClNO2. The quantitative estimate of drug-likeness (QED) is 0.897. The Morgan fingerprint density at radius 2 is 1.68 bits per heavy atom. The third-order valence-electron chi connectivity index (χ3n) is 4.09. The van der Waals surface area contributed by atoms with Gasteiger partial charge in [0.25, 0.3) is 0 Å². The fraction of sp³-hybridized carbons (Fsp3) is 0.600. The van der Waals surface area contributed by atoms with Gasteiger partial charge >= 0.3 is 0 Å². The Kier molecular flexibility index (Phi) is 6.11. The molecule has 0 aromatic heterocycles. The predicted molar refractivity (Wildman–Crippen MR) is 79.7 cm³/mol. The van der Waals surface area contributed by atoms with E-state index in [1.54, 1.807) is 24.3 Å². The molecule has 0 bridgehead atoms. The Balaban J connectivity index is 0.00000180. The van der Waals surface area contributed by atoms with Crippen LogP contribution in [-0.4, -0.2) is 34.2 Å². The molecule has 0 amide bonds. The molecule has 108 valence electrons. The zero-order chi connectivity index (χ0) is 13.1. The van der Waals surface area contributed by atoms with Crippen molar-refractivity contribution in [3.05, 3.63) is 29.8 Å². The lowest BCUT2D eigenvalue weighted by Gasteiger charge is -2.37. The minimum atomic E-state index is -0.487. The van der Waals surface area contributed by atoms with Crippen molar-refractivity contribution in [3.63, 3.8) is 0 Å². The standard InChI is InChI=1S/C15H23NO2.ClH/c1-11-7-9-16(10-8-11)12(2)15(18)13-3-5-14(17)6-4-13;/h3-6,11-12,15,17-18H,7-10H2,1-2H3;1H. The Bertz CT molecular complexity index is 374. The second-order valence-corrected chi connectivity index (χ2v) is 5.50. The summed E-state index contributed by atoms with van der Waals surface area (Å²) in [6.07, 6.45) is 1.94. The number of phenolic OH excluding ortho intramolecular Hbond substituents is 1. The van der Waals surface area contributed by atoms with Gasteiger partial charge in [0.2, 0.25) is 0 Å². The van der Waals surface area contributed by atoms with Crippen LogP contribution >= 0.6 is 12.4 Å². The molecule has 1 saturated heterocycles. The van der Waals surface area contributed by atoms with E-state index in [1.165, 1.54) is 12.8 Å². The van der Waals surface area contributed by atoms with E-state index in [1.807, 2.05) is 0 Å². The first-order valence-corrected chi connectivity index (χ1v) is 6.79. The highest BCUT2D eigenvalue weighted by Crippen LogP contribution is 2.26. The summed E-state index contributed by atoms with van der Waals surface area (Å²) in [6, 6.07) is 6.97. The summed E-state index contributed by atoms with van der Waals surface area (Å²) in [5.41, 5.74) is 0.874. The van der Waals surface area contributed by atoms with Gasteiger partial charge < -0.3 is 10.2 Å². The van der Waals surface area contributed by atoms with Crippen molar-refractivity contribution in [3.8, 4) is 5.75 Å². The van der Waals surface area contributed by atoms with Crippen LogP contribution in [0, 0.1) is 5.92 Å². The van der Waals surface area contributed by atoms with E-state index in [2.05, 4.69) is 18.7 Å². The molecule has 1 heterocycles. The van der Waals surface area contributed by atoms with E-state index >= 15 is 0 Å². The van der Waals surface area contributed by atoms with Crippen LogP contribution in [0.4, 0.5) is 0 Å². The molecule has 0 radical (unpaired) electrons. The summed E-state index contributed by atoms with van der Waals surface area (Å²) < 4.78 is 0. The molecule has 1 aliphatic heterocycles. The zero-order valence-electron chi connectivity index (χ0n) is 11.6. The lowest BCUT2D eigenvalue weighted by Crippen LogP contribution is -2.42. The molecule has 1 fully saturated rings. The Morgan fingerprint density at radius 1 is 1.16 bits per heavy atom. The average molecular weight is 286 g/mol. The summed E-state index contributed by atoms with van der Waals surface area (Å²) in [5, 5.41) is 19.6. The minimum absolute atomic E-state index is 0. The van der Waals surface area contributed by atoms with Crippen LogP contribution < -0.4 is 0 Å². The number of likely N-dealkylation sites (tertiary alicyclic amines) is 1. The number of nitrogens with zero attached hydrogens (tertiary/aromatic N) is 1. The van der Waals surface area contributed by atoms with Gasteiger partial charge in [0, 0.05) is 6.04 Å². The van der Waals surface area contributed by atoms with Crippen LogP contribution in [0.5, 0.6) is 5.75 Å². The van der Waals surface area contributed by atoms with Gasteiger partial charge in [-0.1, -0.05) is 19.1 Å². The van der Waals surface area contributed by atoms with Crippen molar-refractivity contribution >= 4 is 12.4 Å². The summed E-state index contributed by atoms with van der Waals surface area (Å²) in [7, 11) is 0. The molecule has 0 spiro atoms. The minimum Gasteiger partial charge on any atom is -0.508 e. The van der Waals surface area contributed by atoms with Crippen LogP contribution in [0.1, 0.15) is 38.4 Å². The number of hydrogen-bond donors (Lipinski definition) is 2. The molecule has 2 rings (SSSR count). The molecule has 1 aromatic rings. The molecule has 4 heteroatoms. The summed E-state index contributed by atoms with van der Waals surface area (Å²) in [6.45, 7) is 6.50. The monoisotopic (exact) mass is 285 g/mol. The first kappa shape index (κ1) is 16.3. The van der Waals surface area contributed by atoms with Crippen LogP contribution in [0.15, 0.2) is 24.3 Å². The smallest absolute Gasteiger partial charge is 0.115 e. The Labute approximate surface area is 121 Å². The third-order valence-corrected chi connectivity index (χ3v) is 4.09. The van der Waals surface area contributed by atoms with E-state index in [0.29, 0.717) is 0 Å². The second kappa shape index (κ2) is 7.13. The number of phenols is 1. The molecule has 0 aliphatic carbocycles. The van der Waals surface area contributed by atoms with Crippen LogP contribution in [0.25, 0.3) is 0 Å². The first-order chi connectivity index (χ1) is 8.58. The number of hydrogen-bond acceptors (Lipinski definition) is 3. The van der Waals surface area contributed by atoms with Gasteiger partial charge in [-0.15, -0.1) is 12.4 Å². The predicted octanol–water partition coefficient (Wildman–Crippen LogP) is 2.97. The lowest BCUT2D eigenvalue weighted by atomic mass is 9.95. The highest BCUT2D eigenvalue weighted by molar-refractivity contribution is 5.85. The van der Waals surface area contributed by atoms with Crippen molar-refractivity contribution in [1.82, 2.24) is 4.90 Å². The number of aromatic hydroxyl groups is 1. The van der Waals surface area contributed by atoms with Gasteiger partial charge in [-0.3, -0.25) is 4.90 Å². The van der Waals surface area contributed by atoms with Crippen LogP contribution in [0.2, 0.25) is 0 Å². The first-order valence-electron chi connectivity index (χ1n) is 6.79. The second-order valence-electron chi connectivity index (χ2n) is 5.50. The maximum absolute atomic E-state index is 10.4. The van der Waals surface area contributed by atoms with E-state index in [4.69, 9.17) is 0 Å². The van der Waals surface area contributed by atoms with Gasteiger partial charge in [-0.2, -0.15) is 0 Å². The summed E-state index contributed by atoms with van der Waals surface area (Å²) in [4.78, 5) is 2.36. The fourth-order valence-corrected chi connectivity index (χ4v) is 2.59. The molecule has 1 aliphatic rings. The maximum Gasteiger partial charge on any atom is 0.115 e. The molecule has 2 unspecified atom stereocenters. The highest BCUT2D eigenvalue weighted by Gasteiger charge is 2.26. The van der Waals surface area contributed by atoms with Gasteiger partial charge in [-0.05, 0) is 56.5 Å². The number of piperidine rings is 1. The maximum atomic E-state index is 10.4. The van der Waals surface area contributed by atoms with E-state index in [-0.39, 0.29) is 24.2 Å². The Hall–Kier alpha value is -0.770. The molecule has 19 heavy (non-hydrogen) atoms. The largest absolute Gasteiger partial charge is 0.508 e. The zero-order valence-corrected chi connectivity index (χ0v) is 12.4. The van der Waals surface area contributed by atoms with E-state index in [0.717, 1.165) is 24.6 Å². The van der Waals surface area contributed by atoms with Crippen molar-refractivity contribution in [1.29, 1.82) is 0 Å². The lowest BCUT2D eigenvalue weighted by molar-refractivity contribution is 0.0390. The van der Waals surface area contributed by atoms with Crippen molar-refractivity contribution < 1.29 is 10.2 Å². The van der Waals surface area contributed by atoms with E-state index in [9.17, 15) is 10.2 Å². The summed E-state index contributed by atoms with van der Waals surface area (Å²) in [5.74, 6) is 1.05. The number of rotatable bonds is 3. The third kappa shape index (κ3) is 4.10. The van der Waals surface area contributed by atoms with Gasteiger partial charge in [-0.25, -0.2) is 0 Å². The molecule has 1 aromatic carbocycles. The van der Waals surface area contributed by atoms with Crippen LogP contribution in [0.3, 0.4) is 0 Å². The molecule has 2 N–H and O–H groups in total. The molecule has 0 saturated carbocycles. The number of halogens is 1. The van der Waals surface area contributed by atoms with Gasteiger partial charge in [0.15, 0.2) is 0 Å². The molecule has 2 atom stereocenters. The van der Waals surface area contributed by atoms with Crippen molar-refractivity contribution in [2.75, 3.05) is 13.1 Å². The number of aliphatic hydroxyl groups is 1.